The molecule has 2 aromatic heterocycles. The number of urea groups is 1. The van der Waals surface area contributed by atoms with Gasteiger partial charge in [-0.25, -0.2) is 0 Å². The molecule has 32 heavy (non-hydrogen) atoms. The molecule has 0 aliphatic carbocycles. The molecule has 168 valence electrons. The monoisotopic (exact) mass is 544 g/mol. The number of imidazole rings is 1. The van der Waals surface area contributed by atoms with Crippen LogP contribution in [0.4, 0.5) is 10.6 Å². The number of nitrogens with one attached hydrogen (secondary N) is 2. The van der Waals surface area contributed by atoms with E-state index in [4.69, 9.17) is 10.7 Å². The fourth-order valence-corrected chi connectivity index (χ4v) is 6.50. The third kappa shape index (κ3) is 4.79. The molecule has 2 aromatic carbocycles. The number of hydrogen-bond acceptors (Lipinski definition) is 4. The van der Waals surface area contributed by atoms with Crippen LogP contribution < -0.4 is 14.6 Å². The number of para-hydroxylation sites is 1. The number of unbranched alkanes of at least 4 members (excludes halogenated alkanes) is 1. The molecule has 0 atom stereocenters. The van der Waals surface area contributed by atoms with Crippen molar-refractivity contribution in [1.82, 2.24) is 23.4 Å². The van der Waals surface area contributed by atoms with Crippen molar-refractivity contribution in [2.75, 3.05) is 17.2 Å². The van der Waals surface area contributed by atoms with Crippen LogP contribution in [0.15, 0.2) is 54.6 Å². The molecule has 0 unspecified atom stereocenters. The summed E-state index contributed by atoms with van der Waals surface area (Å²) in [5.74, 6) is 1.44. The fraction of sp³-hybridized carbons (Fsp3) is 0.292. The van der Waals surface area contributed by atoms with Gasteiger partial charge in [-0.3, -0.25) is 0 Å². The zero-order valence-corrected chi connectivity index (χ0v) is 20.6. The predicted molar refractivity (Wildman–Crippen MR) is 140 cm³/mol. The third-order valence-corrected chi connectivity index (χ3v) is 9.24. The number of hydrogen-bond donors (Lipinski definition) is 3. The molecule has 2 amide bonds. The van der Waals surface area contributed by atoms with Gasteiger partial charge in [0, 0.05) is 0 Å². The van der Waals surface area contributed by atoms with Crippen molar-refractivity contribution in [3.05, 3.63) is 64.0 Å². The fourth-order valence-electron chi connectivity index (χ4n) is 3.77. The molecule has 0 fully saturated rings. The number of amides is 2. The Hall–Kier alpha value is -2.88. The first kappa shape index (κ1) is 22.3. The molecule has 4 aromatic rings. The molecule has 0 saturated carbocycles. The number of fused-ring (bicyclic) bond motifs is 3. The molecule has 0 spiro atoms. The van der Waals surface area contributed by atoms with Gasteiger partial charge in [0.2, 0.25) is 0 Å². The van der Waals surface area contributed by atoms with Crippen molar-refractivity contribution >= 4 is 53.9 Å². The summed E-state index contributed by atoms with van der Waals surface area (Å²) in [7, 11) is 0. The van der Waals surface area contributed by atoms with Crippen molar-refractivity contribution in [1.29, 1.82) is 0 Å². The number of nitrogen functional groups attached to an aromatic ring is 1. The molecule has 0 aliphatic rings. The summed E-state index contributed by atoms with van der Waals surface area (Å²) in [6.45, 7) is 3.30. The SMILES string of the molecule is CCCCc1nc2c(N)nc3ccccc3c2n1CCNC(=O)NI(C)c1ccccc1. The van der Waals surface area contributed by atoms with E-state index in [9.17, 15) is 4.79 Å². The Balaban J connectivity index is 1.54. The summed E-state index contributed by atoms with van der Waals surface area (Å²) in [4.78, 5) is 24.0. The number of benzene rings is 2. The molecular weight excluding hydrogens is 515 g/mol. The Kier molecular flexibility index (Phi) is 7.09. The van der Waals surface area contributed by atoms with Crippen molar-refractivity contribution in [3.63, 3.8) is 0 Å². The first-order valence-electron chi connectivity index (χ1n) is 10.8. The Morgan fingerprint density at radius 1 is 1.09 bits per heavy atom. The van der Waals surface area contributed by atoms with Crippen molar-refractivity contribution in [3.8, 4) is 0 Å². The van der Waals surface area contributed by atoms with Gasteiger partial charge in [0.25, 0.3) is 0 Å². The third-order valence-electron chi connectivity index (χ3n) is 5.35. The first-order chi connectivity index (χ1) is 15.6. The van der Waals surface area contributed by atoms with E-state index in [0.29, 0.717) is 18.9 Å². The number of aryl methyl sites for hydroxylation is 1. The summed E-state index contributed by atoms with van der Waals surface area (Å²) < 4.78 is 6.58. The maximum absolute atomic E-state index is 12.5. The predicted octanol–water partition coefficient (Wildman–Crippen LogP) is 4.73. The second-order valence-electron chi connectivity index (χ2n) is 7.61. The van der Waals surface area contributed by atoms with Crippen molar-refractivity contribution in [2.45, 2.75) is 32.7 Å². The number of carbonyl (C=O) groups excluding carboxylic acids is 1. The number of nitrogens with two attached hydrogens (primary N) is 1. The second kappa shape index (κ2) is 10.2. The van der Waals surface area contributed by atoms with Gasteiger partial charge in [-0.2, -0.15) is 0 Å². The first-order valence-corrected chi connectivity index (χ1v) is 15.1. The topological polar surface area (TPSA) is 97.9 Å². The average Bonchev–Trinajstić information content (AvgIpc) is 3.17. The van der Waals surface area contributed by atoms with Crippen LogP contribution in [-0.4, -0.2) is 32.0 Å². The summed E-state index contributed by atoms with van der Waals surface area (Å²) in [6.07, 6.45) is 2.99. The van der Waals surface area contributed by atoms with Gasteiger partial charge in [-0.15, -0.1) is 0 Å². The molecule has 7 nitrogen and oxygen atoms in total. The van der Waals surface area contributed by atoms with E-state index in [1.807, 2.05) is 36.4 Å². The molecule has 4 rings (SSSR count). The number of halogens is 1. The molecule has 0 saturated heterocycles. The van der Waals surface area contributed by atoms with Crippen LogP contribution in [0.25, 0.3) is 21.9 Å². The van der Waals surface area contributed by atoms with Crippen LogP contribution in [-0.2, 0) is 13.0 Å². The summed E-state index contributed by atoms with van der Waals surface area (Å²) in [5, 5.41) is 4.06. The number of aromatic nitrogens is 3. The summed E-state index contributed by atoms with van der Waals surface area (Å²) in [6, 6.07) is 18.0. The second-order valence-corrected chi connectivity index (χ2v) is 12.1. The van der Waals surface area contributed by atoms with Crippen LogP contribution in [0.1, 0.15) is 25.6 Å². The van der Waals surface area contributed by atoms with Crippen LogP contribution in [0.3, 0.4) is 0 Å². The van der Waals surface area contributed by atoms with Crippen LogP contribution in [0, 0.1) is 3.57 Å². The number of nitrogens with zero attached hydrogens (tertiary/aromatic N) is 3. The number of alkyl halides is 1. The number of rotatable bonds is 8. The van der Waals surface area contributed by atoms with E-state index in [-0.39, 0.29) is 6.03 Å². The van der Waals surface area contributed by atoms with E-state index in [1.165, 1.54) is 3.57 Å². The van der Waals surface area contributed by atoms with Crippen LogP contribution >= 0.6 is 20.1 Å². The van der Waals surface area contributed by atoms with Gasteiger partial charge >= 0.3 is 196 Å². The van der Waals surface area contributed by atoms with Crippen LogP contribution in [0.2, 0.25) is 0 Å². The van der Waals surface area contributed by atoms with Crippen LogP contribution in [0.5, 0.6) is 0 Å². The van der Waals surface area contributed by atoms with E-state index in [0.717, 1.165) is 47.0 Å². The Labute approximate surface area is 195 Å². The van der Waals surface area contributed by atoms with Gasteiger partial charge in [-0.05, 0) is 0 Å². The molecule has 2 heterocycles. The molecule has 0 aliphatic heterocycles. The van der Waals surface area contributed by atoms with E-state index in [2.05, 4.69) is 48.5 Å². The minimum atomic E-state index is -1.72. The Morgan fingerprint density at radius 3 is 2.62 bits per heavy atom. The summed E-state index contributed by atoms with van der Waals surface area (Å²) in [5.41, 5.74) is 8.85. The van der Waals surface area contributed by atoms with Gasteiger partial charge < -0.3 is 0 Å². The molecule has 0 radical (unpaired) electrons. The van der Waals surface area contributed by atoms with Crippen molar-refractivity contribution < 1.29 is 4.79 Å². The van der Waals surface area contributed by atoms with Gasteiger partial charge in [0.05, 0.1) is 0 Å². The number of carbonyl (C=O) groups is 1. The average molecular weight is 544 g/mol. The minimum absolute atomic E-state index is 0.118. The van der Waals surface area contributed by atoms with Gasteiger partial charge in [0.1, 0.15) is 0 Å². The van der Waals surface area contributed by atoms with Crippen molar-refractivity contribution in [2.24, 2.45) is 0 Å². The zero-order valence-electron chi connectivity index (χ0n) is 18.4. The maximum atomic E-state index is 12.5. The molecule has 0 bridgehead atoms. The summed E-state index contributed by atoms with van der Waals surface area (Å²) >= 11 is -1.72. The quantitative estimate of drug-likeness (QED) is 0.170. The normalized spacial score (nSPS) is 11.6. The van der Waals surface area contributed by atoms with E-state index in [1.54, 1.807) is 0 Å². The van der Waals surface area contributed by atoms with E-state index >= 15 is 0 Å². The Bertz CT molecular complexity index is 1220. The standard InChI is InChI=1S/C24H29IN6O/c1-3-4-14-20-29-21-22(18-12-8-9-13-19(18)28-23(21)26)31(20)16-15-27-24(32)30-25(2)17-10-6-5-7-11-17/h5-13H,3-4,14-16H2,1-2H3,(H2,26,28)(H2,27,30,32). The van der Waals surface area contributed by atoms with E-state index < -0.39 is 20.1 Å². The molecule has 8 heteroatoms. The number of pyridine rings is 1. The Morgan fingerprint density at radius 2 is 1.84 bits per heavy atom. The number of anilines is 1. The van der Waals surface area contributed by atoms with Gasteiger partial charge in [-0.1, -0.05) is 0 Å². The van der Waals surface area contributed by atoms with Gasteiger partial charge in [0.15, 0.2) is 0 Å². The molecular formula is C24H29IN6O. The zero-order chi connectivity index (χ0) is 22.5. The molecule has 4 N–H and O–H groups in total.